The van der Waals surface area contributed by atoms with E-state index in [0.29, 0.717) is 11.6 Å². The van der Waals surface area contributed by atoms with Crippen LogP contribution in [-0.2, 0) is 5.54 Å². The van der Waals surface area contributed by atoms with E-state index in [0.717, 1.165) is 25.9 Å². The molecule has 2 N–H and O–H groups in total. The van der Waals surface area contributed by atoms with Gasteiger partial charge in [0, 0.05) is 17.7 Å². The highest BCUT2D eigenvalue weighted by atomic mass is 35.5. The second-order valence-electron chi connectivity index (χ2n) is 7.31. The Hall–Kier alpha value is -1.07. The highest BCUT2D eigenvalue weighted by molar-refractivity contribution is 5.92. The van der Waals surface area contributed by atoms with Crippen molar-refractivity contribution in [3.8, 4) is 0 Å². The molecular formula is C16H27ClN4O. The number of amides is 1. The first-order valence-corrected chi connectivity index (χ1v) is 8.07. The van der Waals surface area contributed by atoms with Crippen LogP contribution < -0.4 is 10.6 Å². The molecule has 0 atom stereocenters. The molecular weight excluding hydrogens is 300 g/mol. The molecule has 6 heteroatoms. The fourth-order valence-electron chi connectivity index (χ4n) is 2.94. The molecule has 2 heterocycles. The lowest BCUT2D eigenvalue weighted by molar-refractivity contribution is 0.0923. The number of carbonyl (C=O) groups excluding carboxylic acids is 1. The van der Waals surface area contributed by atoms with Gasteiger partial charge in [-0.1, -0.05) is 0 Å². The lowest BCUT2D eigenvalue weighted by atomic mass is 10.1. The van der Waals surface area contributed by atoms with Gasteiger partial charge in [-0.05, 0) is 65.6 Å². The number of hydrogen-bond donors (Lipinski definition) is 2. The summed E-state index contributed by atoms with van der Waals surface area (Å²) >= 11 is 0. The summed E-state index contributed by atoms with van der Waals surface area (Å²) in [4.78, 5) is 12.4. The summed E-state index contributed by atoms with van der Waals surface area (Å²) in [6.45, 7) is 8.38. The van der Waals surface area contributed by atoms with Gasteiger partial charge in [-0.25, -0.2) is 0 Å². The van der Waals surface area contributed by atoms with Crippen molar-refractivity contribution in [2.45, 2.75) is 64.0 Å². The number of aromatic nitrogens is 2. The minimum atomic E-state index is -0.0782. The van der Waals surface area contributed by atoms with Crippen LogP contribution in [0.5, 0.6) is 0 Å². The standard InChI is InChI=1S/C16H26N4O.ClH/c1-16(2,3)20-14(11-4-5-11)10-13(19-20)15(21)18-12-6-8-17-9-7-12;/h10-12,17H,4-9H2,1-3H3,(H,18,21);1H. The van der Waals surface area contributed by atoms with Crippen molar-refractivity contribution in [2.24, 2.45) is 0 Å². The van der Waals surface area contributed by atoms with Crippen molar-refractivity contribution in [2.75, 3.05) is 13.1 Å². The van der Waals surface area contributed by atoms with Gasteiger partial charge in [0.2, 0.25) is 0 Å². The number of rotatable bonds is 3. The third-order valence-corrected chi connectivity index (χ3v) is 4.27. The minimum Gasteiger partial charge on any atom is -0.348 e. The molecule has 22 heavy (non-hydrogen) atoms. The van der Waals surface area contributed by atoms with Crippen LogP contribution in [0.2, 0.25) is 0 Å². The van der Waals surface area contributed by atoms with Crippen LogP contribution in [-0.4, -0.2) is 34.8 Å². The Morgan fingerprint density at radius 1 is 1.27 bits per heavy atom. The van der Waals surface area contributed by atoms with E-state index in [2.05, 4.69) is 36.5 Å². The first-order chi connectivity index (χ1) is 9.95. The van der Waals surface area contributed by atoms with Crippen LogP contribution in [0.1, 0.15) is 68.6 Å². The fourth-order valence-corrected chi connectivity index (χ4v) is 2.94. The smallest absolute Gasteiger partial charge is 0.272 e. The van der Waals surface area contributed by atoms with E-state index in [4.69, 9.17) is 0 Å². The highest BCUT2D eigenvalue weighted by Gasteiger charge is 2.32. The van der Waals surface area contributed by atoms with E-state index in [1.807, 2.05) is 10.7 Å². The zero-order chi connectivity index (χ0) is 15.0. The second kappa shape index (κ2) is 6.59. The van der Waals surface area contributed by atoms with E-state index >= 15 is 0 Å². The minimum absolute atomic E-state index is 0. The molecule has 3 rings (SSSR count). The lowest BCUT2D eigenvalue weighted by Crippen LogP contribution is -2.42. The maximum Gasteiger partial charge on any atom is 0.272 e. The van der Waals surface area contributed by atoms with E-state index in [9.17, 15) is 4.79 Å². The number of nitrogens with zero attached hydrogens (tertiary/aromatic N) is 2. The molecule has 2 fully saturated rings. The van der Waals surface area contributed by atoms with Crippen LogP contribution >= 0.6 is 12.4 Å². The van der Waals surface area contributed by atoms with Crippen molar-refractivity contribution >= 4 is 18.3 Å². The molecule has 5 nitrogen and oxygen atoms in total. The summed E-state index contributed by atoms with van der Waals surface area (Å²) in [5, 5.41) is 11.0. The van der Waals surface area contributed by atoms with E-state index < -0.39 is 0 Å². The Morgan fingerprint density at radius 3 is 2.45 bits per heavy atom. The van der Waals surface area contributed by atoms with Crippen molar-refractivity contribution in [1.29, 1.82) is 0 Å². The maximum atomic E-state index is 12.4. The van der Waals surface area contributed by atoms with Crippen LogP contribution in [0.15, 0.2) is 6.07 Å². The normalized spacial score (nSPS) is 19.6. The third kappa shape index (κ3) is 3.82. The molecule has 1 aromatic rings. The Labute approximate surface area is 138 Å². The number of halogens is 1. The third-order valence-electron chi connectivity index (χ3n) is 4.27. The topological polar surface area (TPSA) is 59.0 Å². The molecule has 0 bridgehead atoms. The average Bonchev–Trinajstić information content (AvgIpc) is 3.16. The molecule has 1 saturated heterocycles. The molecule has 1 aromatic heterocycles. The van der Waals surface area contributed by atoms with Crippen LogP contribution in [0, 0.1) is 0 Å². The molecule has 0 unspecified atom stereocenters. The molecule has 2 aliphatic rings. The molecule has 0 aromatic carbocycles. The van der Waals surface area contributed by atoms with Gasteiger partial charge < -0.3 is 10.6 Å². The van der Waals surface area contributed by atoms with Crippen LogP contribution in [0.25, 0.3) is 0 Å². The molecule has 1 aliphatic carbocycles. The molecule has 0 radical (unpaired) electrons. The van der Waals surface area contributed by atoms with E-state index in [1.165, 1.54) is 18.5 Å². The summed E-state index contributed by atoms with van der Waals surface area (Å²) < 4.78 is 2.04. The summed E-state index contributed by atoms with van der Waals surface area (Å²) in [6.07, 6.45) is 4.44. The monoisotopic (exact) mass is 326 g/mol. The quantitative estimate of drug-likeness (QED) is 0.897. The summed E-state index contributed by atoms with van der Waals surface area (Å²) in [7, 11) is 0. The SMILES string of the molecule is CC(C)(C)n1nc(C(=O)NC2CCNCC2)cc1C1CC1.Cl. The van der Waals surface area contributed by atoms with Gasteiger partial charge in [-0.2, -0.15) is 5.10 Å². The van der Waals surface area contributed by atoms with Crippen molar-refractivity contribution < 1.29 is 4.79 Å². The lowest BCUT2D eigenvalue weighted by Gasteiger charge is -2.23. The molecule has 1 saturated carbocycles. The Morgan fingerprint density at radius 2 is 1.91 bits per heavy atom. The van der Waals surface area contributed by atoms with Gasteiger partial charge in [0.15, 0.2) is 0 Å². The first kappa shape index (κ1) is 17.3. The van der Waals surface area contributed by atoms with Gasteiger partial charge in [0.1, 0.15) is 5.69 Å². The second-order valence-corrected chi connectivity index (χ2v) is 7.31. The Kier molecular flexibility index (Phi) is 5.17. The number of nitrogens with one attached hydrogen (secondary N) is 2. The van der Waals surface area contributed by atoms with Crippen LogP contribution in [0.4, 0.5) is 0 Å². The van der Waals surface area contributed by atoms with Gasteiger partial charge in [0.05, 0.1) is 5.54 Å². The van der Waals surface area contributed by atoms with Crippen molar-refractivity contribution in [3.05, 3.63) is 17.5 Å². The zero-order valence-corrected chi connectivity index (χ0v) is 14.5. The molecule has 1 amide bonds. The summed E-state index contributed by atoms with van der Waals surface area (Å²) in [5.74, 6) is 0.573. The van der Waals surface area contributed by atoms with E-state index in [-0.39, 0.29) is 29.9 Å². The molecule has 0 spiro atoms. The molecule has 124 valence electrons. The van der Waals surface area contributed by atoms with Gasteiger partial charge >= 0.3 is 0 Å². The summed E-state index contributed by atoms with van der Waals surface area (Å²) in [6, 6.07) is 2.28. The zero-order valence-electron chi connectivity index (χ0n) is 13.7. The maximum absolute atomic E-state index is 12.4. The number of carbonyl (C=O) groups is 1. The van der Waals surface area contributed by atoms with Crippen molar-refractivity contribution in [3.63, 3.8) is 0 Å². The average molecular weight is 327 g/mol. The first-order valence-electron chi connectivity index (χ1n) is 8.07. The summed E-state index contributed by atoms with van der Waals surface area (Å²) in [5.41, 5.74) is 1.72. The van der Waals surface area contributed by atoms with E-state index in [1.54, 1.807) is 0 Å². The predicted octanol–water partition coefficient (Wildman–Crippen LogP) is 2.42. The number of piperidine rings is 1. The van der Waals surface area contributed by atoms with Crippen LogP contribution in [0.3, 0.4) is 0 Å². The van der Waals surface area contributed by atoms with Gasteiger partial charge in [-0.3, -0.25) is 9.48 Å². The number of hydrogen-bond acceptors (Lipinski definition) is 3. The fraction of sp³-hybridized carbons (Fsp3) is 0.750. The Bertz CT molecular complexity index is 525. The Balaban J connectivity index is 0.00000176. The largest absolute Gasteiger partial charge is 0.348 e. The van der Waals surface area contributed by atoms with Gasteiger partial charge in [0.25, 0.3) is 5.91 Å². The van der Waals surface area contributed by atoms with Gasteiger partial charge in [-0.15, -0.1) is 12.4 Å². The molecule has 1 aliphatic heterocycles. The highest BCUT2D eigenvalue weighted by Crippen LogP contribution is 2.41. The van der Waals surface area contributed by atoms with Crippen molar-refractivity contribution in [1.82, 2.24) is 20.4 Å². The predicted molar refractivity (Wildman–Crippen MR) is 89.8 cm³/mol.